The SMILES string of the molecule is CCC(=N/NC([S-])=NC)/C(CC)=N\NC([S-])=NC.[Cu+2]. The van der Waals surface area contributed by atoms with Crippen molar-refractivity contribution in [1.29, 1.82) is 0 Å². The molecular weight excluding hydrogens is 332 g/mol. The Labute approximate surface area is 136 Å². The molecule has 1 radical (unpaired) electrons. The van der Waals surface area contributed by atoms with Gasteiger partial charge < -0.3 is 25.3 Å². The number of nitrogens with one attached hydrogen (secondary N) is 2. The van der Waals surface area contributed by atoms with Gasteiger partial charge in [-0.1, -0.05) is 13.8 Å². The van der Waals surface area contributed by atoms with Crippen LogP contribution in [0, 0.1) is 0 Å². The molecule has 111 valence electrons. The van der Waals surface area contributed by atoms with Crippen LogP contribution in [0.5, 0.6) is 0 Å². The molecule has 9 heteroatoms. The van der Waals surface area contributed by atoms with Crippen LogP contribution in [0.3, 0.4) is 0 Å². The molecule has 0 unspecified atom stereocenters. The van der Waals surface area contributed by atoms with Gasteiger partial charge in [0.25, 0.3) is 0 Å². The first kappa shape index (κ1) is 20.6. The van der Waals surface area contributed by atoms with Crippen molar-refractivity contribution in [2.45, 2.75) is 26.7 Å². The van der Waals surface area contributed by atoms with E-state index in [1.807, 2.05) is 13.8 Å². The smallest absolute Gasteiger partial charge is 0.741 e. The van der Waals surface area contributed by atoms with Crippen LogP contribution >= 0.6 is 0 Å². The number of rotatable bonds is 5. The van der Waals surface area contributed by atoms with Gasteiger partial charge in [-0.3, -0.25) is 20.8 Å². The number of hydrogen-bond donors (Lipinski definition) is 2. The molecular formula is C10H18CuN6S2. The molecule has 0 aromatic heterocycles. The van der Waals surface area contributed by atoms with Gasteiger partial charge in [0.05, 0.1) is 11.4 Å². The van der Waals surface area contributed by atoms with E-state index in [2.05, 4.69) is 31.0 Å². The zero-order chi connectivity index (χ0) is 14.0. The minimum absolute atomic E-state index is 0. The molecule has 0 amide bonds. The van der Waals surface area contributed by atoms with E-state index in [1.54, 1.807) is 14.1 Å². The monoisotopic (exact) mass is 349 g/mol. The molecule has 0 aromatic rings. The van der Waals surface area contributed by atoms with Crippen LogP contribution in [0.1, 0.15) is 26.7 Å². The molecule has 0 saturated carbocycles. The normalized spacial score (nSPS) is 13.9. The summed E-state index contributed by atoms with van der Waals surface area (Å²) in [4.78, 5) is 7.58. The second-order valence-electron chi connectivity index (χ2n) is 3.11. The summed E-state index contributed by atoms with van der Waals surface area (Å²) in [5, 5.41) is 9.02. The Morgan fingerprint density at radius 3 is 1.37 bits per heavy atom. The molecule has 19 heavy (non-hydrogen) atoms. The van der Waals surface area contributed by atoms with Crippen LogP contribution < -0.4 is 10.9 Å². The predicted octanol–water partition coefficient (Wildman–Crippen LogP) is 0.760. The minimum Gasteiger partial charge on any atom is -0.741 e. The molecule has 0 rings (SSSR count). The van der Waals surface area contributed by atoms with Crippen molar-refractivity contribution >= 4 is 47.0 Å². The second kappa shape index (κ2) is 12.3. The fourth-order valence-electron chi connectivity index (χ4n) is 1.03. The summed E-state index contributed by atoms with van der Waals surface area (Å²) in [6, 6.07) is 0. The summed E-state index contributed by atoms with van der Waals surface area (Å²) in [5.41, 5.74) is 6.98. The van der Waals surface area contributed by atoms with Gasteiger partial charge in [0, 0.05) is 14.1 Å². The molecule has 0 bridgehead atoms. The quantitative estimate of drug-likeness (QED) is 0.253. The number of amidine groups is 2. The Balaban J connectivity index is 0. The molecule has 0 spiro atoms. The van der Waals surface area contributed by atoms with E-state index in [0.717, 1.165) is 24.3 Å². The molecule has 0 atom stereocenters. The molecule has 0 aliphatic heterocycles. The van der Waals surface area contributed by atoms with E-state index in [1.165, 1.54) is 0 Å². The summed E-state index contributed by atoms with van der Waals surface area (Å²) < 4.78 is 0. The number of hydrazone groups is 2. The van der Waals surface area contributed by atoms with Gasteiger partial charge in [0.15, 0.2) is 0 Å². The fraction of sp³-hybridized carbons (Fsp3) is 0.600. The minimum atomic E-state index is 0. The summed E-state index contributed by atoms with van der Waals surface area (Å²) in [7, 11) is 3.21. The predicted molar refractivity (Wildman–Crippen MR) is 83.2 cm³/mol. The van der Waals surface area contributed by atoms with Gasteiger partial charge in [-0.2, -0.15) is 10.2 Å². The Hall–Kier alpha value is -0.761. The van der Waals surface area contributed by atoms with E-state index in [-0.39, 0.29) is 17.1 Å². The van der Waals surface area contributed by atoms with Crippen molar-refractivity contribution < 1.29 is 17.1 Å². The van der Waals surface area contributed by atoms with Crippen molar-refractivity contribution in [2.24, 2.45) is 20.2 Å². The maximum atomic E-state index is 4.89. The van der Waals surface area contributed by atoms with E-state index in [4.69, 9.17) is 25.3 Å². The Morgan fingerprint density at radius 2 is 1.16 bits per heavy atom. The molecule has 0 heterocycles. The van der Waals surface area contributed by atoms with Gasteiger partial charge in [-0.25, -0.2) is 0 Å². The van der Waals surface area contributed by atoms with Crippen LogP contribution in [-0.2, 0) is 42.3 Å². The molecule has 0 aromatic carbocycles. The third-order valence-corrected chi connectivity index (χ3v) is 2.53. The largest absolute Gasteiger partial charge is 2.00 e. The van der Waals surface area contributed by atoms with Crippen LogP contribution in [0.2, 0.25) is 0 Å². The Morgan fingerprint density at radius 1 is 0.842 bits per heavy atom. The Bertz CT molecular complexity index is 342. The van der Waals surface area contributed by atoms with Gasteiger partial charge in [-0.05, 0) is 23.2 Å². The second-order valence-corrected chi connectivity index (χ2v) is 3.88. The maximum Gasteiger partial charge on any atom is 2.00 e. The van der Waals surface area contributed by atoms with Gasteiger partial charge in [0.2, 0.25) is 0 Å². The van der Waals surface area contributed by atoms with E-state index >= 15 is 0 Å². The summed E-state index contributed by atoms with van der Waals surface area (Å²) in [6.45, 7) is 3.97. The standard InChI is InChI=1S/C10H20N6S2.Cu/c1-5-7(13-15-9(17)11-3)8(6-2)14-16-10(18)12-4;/h5-6H2,1-4H3,(H2,11,15,17)(H2,12,16,18);/q;+2/p-2/b13-7-,14-8-;. The zero-order valence-electron chi connectivity index (χ0n) is 11.3. The molecule has 0 aliphatic carbocycles. The van der Waals surface area contributed by atoms with Crippen molar-refractivity contribution in [3.05, 3.63) is 0 Å². The van der Waals surface area contributed by atoms with Crippen molar-refractivity contribution in [1.82, 2.24) is 10.9 Å². The number of aliphatic imine (C=N–C) groups is 2. The molecule has 0 saturated heterocycles. The third kappa shape index (κ3) is 8.88. The summed E-state index contributed by atoms with van der Waals surface area (Å²) in [5.74, 6) is 0. The average molecular weight is 350 g/mol. The Kier molecular flexibility index (Phi) is 13.3. The summed E-state index contributed by atoms with van der Waals surface area (Å²) >= 11 is 9.79. The number of nitrogens with zero attached hydrogens (tertiary/aromatic N) is 4. The third-order valence-electron chi connectivity index (χ3n) is 1.98. The molecule has 0 fully saturated rings. The first-order valence-electron chi connectivity index (χ1n) is 5.52. The zero-order valence-corrected chi connectivity index (χ0v) is 13.9. The molecule has 0 aliphatic rings. The number of hydrogen-bond acceptors (Lipinski definition) is 6. The van der Waals surface area contributed by atoms with Gasteiger partial charge >= 0.3 is 17.1 Å². The van der Waals surface area contributed by atoms with E-state index < -0.39 is 0 Å². The maximum absolute atomic E-state index is 4.89. The van der Waals surface area contributed by atoms with Crippen LogP contribution in [0.25, 0.3) is 0 Å². The first-order chi connectivity index (χ1) is 8.58. The van der Waals surface area contributed by atoms with Crippen molar-refractivity contribution in [2.75, 3.05) is 14.1 Å². The molecule has 2 N–H and O–H groups in total. The summed E-state index contributed by atoms with van der Waals surface area (Å²) in [6.07, 6.45) is 1.45. The van der Waals surface area contributed by atoms with Gasteiger partial charge in [0.1, 0.15) is 0 Å². The van der Waals surface area contributed by atoms with Crippen molar-refractivity contribution in [3.8, 4) is 0 Å². The van der Waals surface area contributed by atoms with E-state index in [0.29, 0.717) is 10.3 Å². The van der Waals surface area contributed by atoms with Gasteiger partial charge in [-0.15, -0.1) is 0 Å². The van der Waals surface area contributed by atoms with Crippen LogP contribution in [0.4, 0.5) is 0 Å². The fourth-order valence-corrected chi connectivity index (χ4v) is 1.12. The van der Waals surface area contributed by atoms with Crippen LogP contribution in [0.15, 0.2) is 20.2 Å². The van der Waals surface area contributed by atoms with Crippen LogP contribution in [-0.4, -0.2) is 35.9 Å². The topological polar surface area (TPSA) is 73.5 Å². The van der Waals surface area contributed by atoms with Crippen molar-refractivity contribution in [3.63, 3.8) is 0 Å². The van der Waals surface area contributed by atoms with E-state index in [9.17, 15) is 0 Å². The average Bonchev–Trinajstić information content (AvgIpc) is 2.41. The first-order valence-corrected chi connectivity index (χ1v) is 6.33. The molecule has 6 nitrogen and oxygen atoms in total.